The van der Waals surface area contributed by atoms with Crippen molar-refractivity contribution in [3.63, 3.8) is 0 Å². The second-order valence-electron chi connectivity index (χ2n) is 10.9. The van der Waals surface area contributed by atoms with Crippen LogP contribution < -0.4 is 16.5 Å². The fourth-order valence-corrected chi connectivity index (χ4v) is 5.48. The lowest BCUT2D eigenvalue weighted by molar-refractivity contribution is -0.0832. The van der Waals surface area contributed by atoms with Gasteiger partial charge in [0.1, 0.15) is 0 Å². The number of amides is 2. The van der Waals surface area contributed by atoms with Crippen LogP contribution in [0.3, 0.4) is 0 Å². The minimum absolute atomic E-state index is 0.102. The van der Waals surface area contributed by atoms with Crippen LogP contribution in [0.15, 0.2) is 23.0 Å². The number of ether oxygens (including phenoxy) is 1. The van der Waals surface area contributed by atoms with Crippen LogP contribution >= 0.6 is 0 Å². The van der Waals surface area contributed by atoms with Crippen molar-refractivity contribution in [2.75, 3.05) is 32.6 Å². The number of hydrogen-bond acceptors (Lipinski definition) is 7. The maximum atomic E-state index is 12.6. The first-order chi connectivity index (χ1) is 18.3. The largest absolute Gasteiger partial charge is 0.476 e. The highest BCUT2D eigenvalue weighted by molar-refractivity contribution is 5.95. The van der Waals surface area contributed by atoms with E-state index in [1.807, 2.05) is 6.92 Å². The summed E-state index contributed by atoms with van der Waals surface area (Å²) in [6.07, 6.45) is 12.8. The SMILES string of the molecule is CC1CN=C(/C(=C\N)N(O)NC(=O)Nc2c3c(cc4c2CCC4)CCC3)OC1.CCCCC(CC)N(C)C. The minimum Gasteiger partial charge on any atom is -0.476 e. The summed E-state index contributed by atoms with van der Waals surface area (Å²) in [5, 5.41) is 13.8. The molecule has 0 spiro atoms. The molecule has 0 aromatic heterocycles. The van der Waals surface area contributed by atoms with Gasteiger partial charge in [0.15, 0.2) is 5.70 Å². The molecule has 0 fully saturated rings. The minimum atomic E-state index is -0.527. The third kappa shape index (κ3) is 7.63. The van der Waals surface area contributed by atoms with E-state index in [1.54, 1.807) is 0 Å². The topological polar surface area (TPSA) is 115 Å². The smallest absolute Gasteiger partial charge is 0.339 e. The first-order valence-electron chi connectivity index (χ1n) is 14.3. The van der Waals surface area contributed by atoms with Gasteiger partial charge in [0.25, 0.3) is 0 Å². The summed E-state index contributed by atoms with van der Waals surface area (Å²) in [5.74, 6) is 0.512. The summed E-state index contributed by atoms with van der Waals surface area (Å²) in [7, 11) is 4.34. The summed E-state index contributed by atoms with van der Waals surface area (Å²) >= 11 is 0. The number of carbonyl (C=O) groups excluding carboxylic acids is 1. The number of hydroxylamine groups is 1. The Morgan fingerprint density at radius 3 is 2.37 bits per heavy atom. The first-order valence-corrected chi connectivity index (χ1v) is 14.3. The molecule has 1 aromatic carbocycles. The van der Waals surface area contributed by atoms with Gasteiger partial charge in [0, 0.05) is 30.4 Å². The number of rotatable bonds is 9. The number of fused-ring (bicyclic) bond motifs is 2. The molecule has 2 unspecified atom stereocenters. The quantitative estimate of drug-likeness (QED) is 0.343. The molecule has 3 aliphatic rings. The van der Waals surface area contributed by atoms with E-state index < -0.39 is 6.03 Å². The second kappa shape index (κ2) is 14.4. The molecule has 1 heterocycles. The van der Waals surface area contributed by atoms with E-state index >= 15 is 0 Å². The number of aliphatic imine (C=N–C) groups is 1. The Balaban J connectivity index is 0.000000342. The number of urea groups is 1. The van der Waals surface area contributed by atoms with Crippen molar-refractivity contribution < 1.29 is 14.7 Å². The van der Waals surface area contributed by atoms with Crippen molar-refractivity contribution in [2.24, 2.45) is 16.6 Å². The number of unbranched alkanes of at least 4 members (excludes halogenated alkanes) is 1. The van der Waals surface area contributed by atoms with E-state index in [1.165, 1.54) is 47.9 Å². The Bertz CT molecular complexity index is 974. The van der Waals surface area contributed by atoms with Gasteiger partial charge in [-0.1, -0.05) is 39.7 Å². The van der Waals surface area contributed by atoms with Crippen molar-refractivity contribution in [2.45, 2.75) is 91.0 Å². The van der Waals surface area contributed by atoms with Gasteiger partial charge in [0.05, 0.1) is 6.61 Å². The van der Waals surface area contributed by atoms with Crippen molar-refractivity contribution in [1.29, 1.82) is 0 Å². The highest BCUT2D eigenvalue weighted by Gasteiger charge is 2.26. The fourth-order valence-electron chi connectivity index (χ4n) is 5.48. The molecule has 0 saturated carbocycles. The zero-order valence-electron chi connectivity index (χ0n) is 24.0. The maximum Gasteiger partial charge on any atom is 0.339 e. The highest BCUT2D eigenvalue weighted by Crippen LogP contribution is 2.38. The molecule has 5 N–H and O–H groups in total. The number of nitrogens with one attached hydrogen (secondary N) is 2. The van der Waals surface area contributed by atoms with E-state index in [0.29, 0.717) is 24.2 Å². The molecule has 0 bridgehead atoms. The van der Waals surface area contributed by atoms with Gasteiger partial charge in [-0.05, 0) is 87.7 Å². The van der Waals surface area contributed by atoms with E-state index in [-0.39, 0.29) is 11.6 Å². The van der Waals surface area contributed by atoms with E-state index in [2.05, 4.69) is 54.6 Å². The molecule has 9 heteroatoms. The Kier molecular flexibility index (Phi) is 11.3. The van der Waals surface area contributed by atoms with Crippen molar-refractivity contribution in [3.8, 4) is 0 Å². The van der Waals surface area contributed by atoms with Gasteiger partial charge in [0.2, 0.25) is 5.90 Å². The number of hydrazine groups is 1. The average Bonchev–Trinajstić information content (AvgIpc) is 3.56. The van der Waals surface area contributed by atoms with Gasteiger partial charge >= 0.3 is 6.03 Å². The standard InChI is InChI=1S/C20H27N5O3.C9H21N/c1-12-10-22-19(28-11-12)17(9-21)25(27)24-20(26)23-18-15-6-2-4-13(15)8-14-5-3-7-16(14)18;1-5-7-8-9(6-2)10(3)4/h8-9,12,27H,2-7,10-11,21H2,1H3,(H2,23,24,26);9H,5-8H2,1-4H3/b17-9+;. The second-order valence-corrected chi connectivity index (χ2v) is 10.9. The average molecular weight is 529 g/mol. The Labute approximate surface area is 228 Å². The van der Waals surface area contributed by atoms with Crippen molar-refractivity contribution >= 4 is 17.6 Å². The summed E-state index contributed by atoms with van der Waals surface area (Å²) in [4.78, 5) is 19.2. The molecule has 4 rings (SSSR count). The van der Waals surface area contributed by atoms with Gasteiger partial charge in [-0.25, -0.2) is 15.2 Å². The number of aryl methyl sites for hydroxylation is 2. The lowest BCUT2D eigenvalue weighted by Gasteiger charge is -2.25. The van der Waals surface area contributed by atoms with Gasteiger partial charge < -0.3 is 20.7 Å². The monoisotopic (exact) mass is 528 g/mol. The van der Waals surface area contributed by atoms with Crippen molar-refractivity contribution in [1.82, 2.24) is 15.5 Å². The molecular formula is C29H48N6O3. The number of carbonyl (C=O) groups is 1. The number of hydrogen-bond donors (Lipinski definition) is 4. The Morgan fingerprint density at radius 1 is 1.21 bits per heavy atom. The molecule has 1 aromatic rings. The predicted molar refractivity (Wildman–Crippen MR) is 153 cm³/mol. The van der Waals surface area contributed by atoms with E-state index in [0.717, 1.165) is 56.5 Å². The van der Waals surface area contributed by atoms with Crippen molar-refractivity contribution in [3.05, 3.63) is 40.2 Å². The van der Waals surface area contributed by atoms with E-state index in [9.17, 15) is 10.0 Å². The highest BCUT2D eigenvalue weighted by atomic mass is 16.6. The lowest BCUT2D eigenvalue weighted by atomic mass is 9.99. The van der Waals surface area contributed by atoms with E-state index in [4.69, 9.17) is 10.5 Å². The Hall–Kier alpha value is -2.78. The van der Waals surface area contributed by atoms with Gasteiger partial charge in [-0.2, -0.15) is 5.17 Å². The van der Waals surface area contributed by atoms with Crippen LogP contribution in [0.2, 0.25) is 0 Å². The van der Waals surface area contributed by atoms with Gasteiger partial charge in [-0.15, -0.1) is 0 Å². The number of nitrogens with two attached hydrogens (primary N) is 1. The molecule has 38 heavy (non-hydrogen) atoms. The molecule has 0 saturated heterocycles. The van der Waals surface area contributed by atoms with Crippen LogP contribution in [0, 0.1) is 5.92 Å². The first kappa shape index (κ1) is 29.8. The third-order valence-electron chi connectivity index (χ3n) is 7.67. The summed E-state index contributed by atoms with van der Waals surface area (Å²) < 4.78 is 5.51. The number of nitrogens with zero attached hydrogens (tertiary/aromatic N) is 3. The molecule has 1 aliphatic heterocycles. The summed E-state index contributed by atoms with van der Waals surface area (Å²) in [5.41, 5.74) is 14.1. The van der Waals surface area contributed by atoms with Crippen LogP contribution in [0.25, 0.3) is 0 Å². The van der Waals surface area contributed by atoms with Crippen LogP contribution in [-0.2, 0) is 30.4 Å². The van der Waals surface area contributed by atoms with Crippen LogP contribution in [0.1, 0.15) is 81.5 Å². The zero-order chi connectivity index (χ0) is 27.7. The summed E-state index contributed by atoms with van der Waals surface area (Å²) in [6, 6.07) is 2.59. The normalized spacial score (nSPS) is 19.0. The third-order valence-corrected chi connectivity index (χ3v) is 7.67. The molecule has 9 nitrogen and oxygen atoms in total. The number of anilines is 1. The molecule has 2 amide bonds. The van der Waals surface area contributed by atoms with Crippen LogP contribution in [0.4, 0.5) is 10.5 Å². The van der Waals surface area contributed by atoms with Crippen LogP contribution in [-0.4, -0.2) is 60.5 Å². The molecule has 0 radical (unpaired) electrons. The molecular weight excluding hydrogens is 480 g/mol. The summed E-state index contributed by atoms with van der Waals surface area (Å²) in [6.45, 7) is 7.60. The molecule has 2 atom stereocenters. The lowest BCUT2D eigenvalue weighted by Crippen LogP contribution is -2.45. The zero-order valence-corrected chi connectivity index (χ0v) is 24.0. The van der Waals surface area contributed by atoms with Gasteiger partial charge in [-0.3, -0.25) is 5.21 Å². The van der Waals surface area contributed by atoms with Crippen LogP contribution in [0.5, 0.6) is 0 Å². The Morgan fingerprint density at radius 2 is 1.87 bits per heavy atom. The fraction of sp³-hybridized carbons (Fsp3) is 0.655. The number of benzene rings is 1. The predicted octanol–water partition coefficient (Wildman–Crippen LogP) is 4.77. The molecule has 212 valence electrons. The maximum absolute atomic E-state index is 12.6. The molecule has 2 aliphatic carbocycles.